The van der Waals surface area contributed by atoms with E-state index in [0.717, 1.165) is 38.0 Å². The summed E-state index contributed by atoms with van der Waals surface area (Å²) in [5.74, 6) is 0.740. The molecule has 0 aliphatic carbocycles. The molecule has 4 nitrogen and oxygen atoms in total. The molecule has 1 amide bonds. The van der Waals surface area contributed by atoms with Gasteiger partial charge in [-0.3, -0.25) is 9.69 Å². The standard InChI is InChI=1S/C21H27FN2O2/c1-2-11-24-13-18-17(19-9-10-21(18,14-24)26-19)12-23-20(25)8-5-15-3-6-16(22)7-4-15/h2-4,6-7,17-19H,1,5,8-14H2,(H,23,25)/t17-,18+,19+,21+/m0/s1. The molecule has 0 radical (unpaired) electrons. The number of fused-ring (bicyclic) bond motifs is 1. The third-order valence-corrected chi connectivity index (χ3v) is 6.33. The van der Waals surface area contributed by atoms with E-state index in [4.69, 9.17) is 4.74 Å². The number of nitrogens with zero attached hydrogens (tertiary/aromatic N) is 1. The van der Waals surface area contributed by atoms with Crippen LogP contribution in [0.25, 0.3) is 0 Å². The van der Waals surface area contributed by atoms with Crippen LogP contribution < -0.4 is 5.32 Å². The largest absolute Gasteiger partial charge is 0.370 e. The van der Waals surface area contributed by atoms with Gasteiger partial charge in [-0.05, 0) is 37.0 Å². The molecule has 2 bridgehead atoms. The number of benzene rings is 1. The highest BCUT2D eigenvalue weighted by Gasteiger charge is 2.62. The molecule has 4 atom stereocenters. The van der Waals surface area contributed by atoms with Crippen LogP contribution in [-0.4, -0.2) is 48.7 Å². The molecule has 3 heterocycles. The molecule has 3 fully saturated rings. The molecule has 0 aromatic heterocycles. The van der Waals surface area contributed by atoms with Crippen molar-refractivity contribution in [1.82, 2.24) is 10.2 Å². The Hall–Kier alpha value is -1.72. The minimum Gasteiger partial charge on any atom is -0.370 e. The summed E-state index contributed by atoms with van der Waals surface area (Å²) in [5.41, 5.74) is 0.997. The molecule has 1 spiro atoms. The zero-order valence-corrected chi connectivity index (χ0v) is 15.1. The molecule has 1 N–H and O–H groups in total. The van der Waals surface area contributed by atoms with Crippen LogP contribution in [0.3, 0.4) is 0 Å². The number of carbonyl (C=O) groups excluding carboxylic acids is 1. The van der Waals surface area contributed by atoms with E-state index >= 15 is 0 Å². The summed E-state index contributed by atoms with van der Waals surface area (Å²) in [6.45, 7) is 7.48. The Morgan fingerprint density at radius 3 is 3.00 bits per heavy atom. The summed E-state index contributed by atoms with van der Waals surface area (Å²) in [5, 5.41) is 3.12. The van der Waals surface area contributed by atoms with Crippen molar-refractivity contribution < 1.29 is 13.9 Å². The molecule has 5 heteroatoms. The summed E-state index contributed by atoms with van der Waals surface area (Å²) >= 11 is 0. The molecule has 0 saturated carbocycles. The van der Waals surface area contributed by atoms with Gasteiger partial charge in [0.1, 0.15) is 5.82 Å². The molecular weight excluding hydrogens is 331 g/mol. The number of likely N-dealkylation sites (tertiary alicyclic amines) is 1. The lowest BCUT2D eigenvalue weighted by atomic mass is 9.73. The van der Waals surface area contributed by atoms with E-state index < -0.39 is 0 Å². The predicted molar refractivity (Wildman–Crippen MR) is 98.2 cm³/mol. The number of carbonyl (C=O) groups is 1. The number of rotatable bonds is 7. The lowest BCUT2D eigenvalue weighted by Gasteiger charge is -2.29. The second kappa shape index (κ2) is 7.12. The van der Waals surface area contributed by atoms with Gasteiger partial charge in [0, 0.05) is 44.4 Å². The van der Waals surface area contributed by atoms with E-state index in [1.807, 2.05) is 6.08 Å². The number of hydrogen-bond donors (Lipinski definition) is 1. The van der Waals surface area contributed by atoms with Crippen LogP contribution in [0, 0.1) is 17.7 Å². The first-order valence-corrected chi connectivity index (χ1v) is 9.62. The third-order valence-electron chi connectivity index (χ3n) is 6.33. The van der Waals surface area contributed by atoms with Crippen LogP contribution in [0.1, 0.15) is 24.8 Å². The highest BCUT2D eigenvalue weighted by atomic mass is 19.1. The predicted octanol–water partition coefficient (Wildman–Crippen LogP) is 2.54. The van der Waals surface area contributed by atoms with Crippen molar-refractivity contribution in [2.45, 2.75) is 37.4 Å². The van der Waals surface area contributed by atoms with Gasteiger partial charge in [0.25, 0.3) is 0 Å². The van der Waals surface area contributed by atoms with Gasteiger partial charge in [-0.1, -0.05) is 18.2 Å². The quantitative estimate of drug-likeness (QED) is 0.762. The highest BCUT2D eigenvalue weighted by Crippen LogP contribution is 2.54. The molecule has 1 aromatic rings. The van der Waals surface area contributed by atoms with E-state index in [1.54, 1.807) is 12.1 Å². The van der Waals surface area contributed by atoms with Crippen molar-refractivity contribution in [3.05, 3.63) is 48.3 Å². The van der Waals surface area contributed by atoms with Gasteiger partial charge < -0.3 is 10.1 Å². The third kappa shape index (κ3) is 3.30. The Morgan fingerprint density at radius 1 is 1.42 bits per heavy atom. The van der Waals surface area contributed by atoms with Crippen molar-refractivity contribution in [2.24, 2.45) is 11.8 Å². The summed E-state index contributed by atoms with van der Waals surface area (Å²) in [6, 6.07) is 6.36. The van der Waals surface area contributed by atoms with E-state index in [0.29, 0.717) is 37.3 Å². The topological polar surface area (TPSA) is 41.6 Å². The molecule has 3 saturated heterocycles. The Bertz CT molecular complexity index is 677. The average molecular weight is 358 g/mol. The zero-order chi connectivity index (χ0) is 18.1. The van der Waals surface area contributed by atoms with E-state index in [1.165, 1.54) is 12.1 Å². The second-order valence-electron chi connectivity index (χ2n) is 7.94. The number of nitrogens with one attached hydrogen (secondary N) is 1. The molecule has 1 aromatic carbocycles. The van der Waals surface area contributed by atoms with Gasteiger partial charge in [-0.2, -0.15) is 0 Å². The van der Waals surface area contributed by atoms with Crippen molar-refractivity contribution in [3.8, 4) is 0 Å². The maximum absolute atomic E-state index is 12.9. The number of halogens is 1. The maximum atomic E-state index is 12.9. The van der Waals surface area contributed by atoms with Crippen molar-refractivity contribution in [1.29, 1.82) is 0 Å². The van der Waals surface area contributed by atoms with E-state index in [-0.39, 0.29) is 17.3 Å². The Morgan fingerprint density at radius 2 is 2.23 bits per heavy atom. The summed E-state index contributed by atoms with van der Waals surface area (Å²) in [6.07, 6.45) is 5.57. The first kappa shape index (κ1) is 17.7. The summed E-state index contributed by atoms with van der Waals surface area (Å²) in [4.78, 5) is 14.7. The fourth-order valence-electron chi connectivity index (χ4n) is 5.11. The van der Waals surface area contributed by atoms with Crippen molar-refractivity contribution in [2.75, 3.05) is 26.2 Å². The van der Waals surface area contributed by atoms with Crippen LogP contribution in [0.2, 0.25) is 0 Å². The van der Waals surface area contributed by atoms with Gasteiger partial charge in [0.05, 0.1) is 11.7 Å². The molecule has 3 aliphatic heterocycles. The molecule has 4 rings (SSSR count). The first-order valence-electron chi connectivity index (χ1n) is 9.62. The molecule has 26 heavy (non-hydrogen) atoms. The fraction of sp³-hybridized carbons (Fsp3) is 0.571. The second-order valence-corrected chi connectivity index (χ2v) is 7.94. The van der Waals surface area contributed by atoms with Crippen LogP contribution >= 0.6 is 0 Å². The lowest BCUT2D eigenvalue weighted by molar-refractivity contribution is -0.121. The van der Waals surface area contributed by atoms with Gasteiger partial charge >= 0.3 is 0 Å². The SMILES string of the molecule is C=CCN1C[C@@H]2[C@H](CNC(=O)CCc3ccc(F)cc3)[C@H]3CC[C@]2(C1)O3. The Labute approximate surface area is 154 Å². The van der Waals surface area contributed by atoms with Crippen LogP contribution in [0.15, 0.2) is 36.9 Å². The number of hydrogen-bond acceptors (Lipinski definition) is 3. The normalized spacial score (nSPS) is 32.6. The molecule has 140 valence electrons. The fourth-order valence-corrected chi connectivity index (χ4v) is 5.11. The van der Waals surface area contributed by atoms with Gasteiger partial charge in [-0.25, -0.2) is 4.39 Å². The summed E-state index contributed by atoms with van der Waals surface area (Å²) in [7, 11) is 0. The Balaban J connectivity index is 1.28. The van der Waals surface area contributed by atoms with Crippen molar-refractivity contribution in [3.63, 3.8) is 0 Å². The number of aryl methyl sites for hydroxylation is 1. The van der Waals surface area contributed by atoms with E-state index in [2.05, 4.69) is 16.8 Å². The summed E-state index contributed by atoms with van der Waals surface area (Å²) < 4.78 is 19.3. The minimum atomic E-state index is -0.245. The average Bonchev–Trinajstić information content (AvgIpc) is 3.27. The monoisotopic (exact) mass is 358 g/mol. The maximum Gasteiger partial charge on any atom is 0.220 e. The zero-order valence-electron chi connectivity index (χ0n) is 15.1. The van der Waals surface area contributed by atoms with E-state index in [9.17, 15) is 9.18 Å². The lowest BCUT2D eigenvalue weighted by Crippen LogP contribution is -2.41. The van der Waals surface area contributed by atoms with Crippen LogP contribution in [0.4, 0.5) is 4.39 Å². The van der Waals surface area contributed by atoms with Gasteiger partial charge in [0.2, 0.25) is 5.91 Å². The van der Waals surface area contributed by atoms with Crippen LogP contribution in [0.5, 0.6) is 0 Å². The molecule has 0 unspecified atom stereocenters. The number of amides is 1. The van der Waals surface area contributed by atoms with Gasteiger partial charge in [0.15, 0.2) is 0 Å². The smallest absolute Gasteiger partial charge is 0.220 e. The van der Waals surface area contributed by atoms with Crippen LogP contribution in [-0.2, 0) is 16.0 Å². The highest BCUT2D eigenvalue weighted by molar-refractivity contribution is 5.76. The molecular formula is C21H27FN2O2. The first-order chi connectivity index (χ1) is 12.6. The Kier molecular flexibility index (Phi) is 4.84. The number of ether oxygens (including phenoxy) is 1. The van der Waals surface area contributed by atoms with Gasteiger partial charge in [-0.15, -0.1) is 6.58 Å². The molecule has 3 aliphatic rings. The minimum absolute atomic E-state index is 0.0111. The van der Waals surface area contributed by atoms with Crippen molar-refractivity contribution >= 4 is 5.91 Å².